The van der Waals surface area contributed by atoms with E-state index in [0.717, 1.165) is 17.9 Å². The van der Waals surface area contributed by atoms with Crippen molar-refractivity contribution in [2.75, 3.05) is 11.9 Å². The molecule has 0 amide bonds. The van der Waals surface area contributed by atoms with Gasteiger partial charge in [0.2, 0.25) is 0 Å². The van der Waals surface area contributed by atoms with Crippen molar-refractivity contribution >= 4 is 5.82 Å². The van der Waals surface area contributed by atoms with Crippen molar-refractivity contribution in [2.24, 2.45) is 5.73 Å². The van der Waals surface area contributed by atoms with Gasteiger partial charge in [0.05, 0.1) is 0 Å². The Hall–Kier alpha value is -1.16. The quantitative estimate of drug-likeness (QED) is 0.820. The Morgan fingerprint density at radius 3 is 2.75 bits per heavy atom. The first-order chi connectivity index (χ1) is 7.68. The molecule has 0 radical (unpaired) electrons. The number of nitrogens with zero attached hydrogens (tertiary/aromatic N) is 3. The zero-order valence-electron chi connectivity index (χ0n) is 10.1. The first kappa shape index (κ1) is 11.3. The minimum absolute atomic E-state index is 0.272. The van der Waals surface area contributed by atoms with E-state index in [1.165, 1.54) is 19.3 Å². The predicted molar refractivity (Wildman–Crippen MR) is 65.4 cm³/mol. The van der Waals surface area contributed by atoms with Crippen molar-refractivity contribution in [3.63, 3.8) is 0 Å². The van der Waals surface area contributed by atoms with Gasteiger partial charge in [-0.15, -0.1) is 0 Å². The summed E-state index contributed by atoms with van der Waals surface area (Å²) >= 11 is 0. The summed E-state index contributed by atoms with van der Waals surface area (Å²) in [6, 6.07) is 2.71. The lowest BCUT2D eigenvalue weighted by Gasteiger charge is -2.36. The minimum Gasteiger partial charge on any atom is -0.355 e. The van der Waals surface area contributed by atoms with E-state index in [9.17, 15) is 0 Å². The molecule has 0 aromatic carbocycles. The van der Waals surface area contributed by atoms with E-state index in [1.54, 1.807) is 6.33 Å². The summed E-state index contributed by atoms with van der Waals surface area (Å²) in [5, 5.41) is 0. The number of anilines is 1. The molecule has 2 atom stereocenters. The van der Waals surface area contributed by atoms with Gasteiger partial charge < -0.3 is 10.6 Å². The van der Waals surface area contributed by atoms with Gasteiger partial charge in [-0.25, -0.2) is 9.97 Å². The van der Waals surface area contributed by atoms with Gasteiger partial charge in [-0.1, -0.05) is 12.8 Å². The number of aryl methyl sites for hydroxylation is 1. The van der Waals surface area contributed by atoms with Crippen molar-refractivity contribution in [1.29, 1.82) is 0 Å². The van der Waals surface area contributed by atoms with Crippen molar-refractivity contribution in [1.82, 2.24) is 9.97 Å². The van der Waals surface area contributed by atoms with Gasteiger partial charge in [0.25, 0.3) is 0 Å². The first-order valence-corrected chi connectivity index (χ1v) is 5.95. The molecule has 4 heteroatoms. The molecular weight excluding hydrogens is 200 g/mol. The van der Waals surface area contributed by atoms with Crippen LogP contribution in [0.5, 0.6) is 0 Å². The fourth-order valence-corrected chi connectivity index (χ4v) is 2.42. The molecule has 2 rings (SSSR count). The van der Waals surface area contributed by atoms with Gasteiger partial charge in [0, 0.05) is 30.9 Å². The minimum atomic E-state index is 0.272. The zero-order valence-corrected chi connectivity index (χ0v) is 10.1. The lowest BCUT2D eigenvalue weighted by atomic mass is 9.90. The van der Waals surface area contributed by atoms with Crippen molar-refractivity contribution in [2.45, 2.75) is 44.7 Å². The molecule has 88 valence electrons. The Kier molecular flexibility index (Phi) is 3.39. The third kappa shape index (κ3) is 2.32. The molecule has 16 heavy (non-hydrogen) atoms. The van der Waals surface area contributed by atoms with Crippen LogP contribution in [0.25, 0.3) is 0 Å². The second kappa shape index (κ2) is 4.78. The van der Waals surface area contributed by atoms with Crippen molar-refractivity contribution in [3.8, 4) is 0 Å². The maximum absolute atomic E-state index is 6.17. The van der Waals surface area contributed by atoms with E-state index in [4.69, 9.17) is 5.73 Å². The Balaban J connectivity index is 2.14. The zero-order chi connectivity index (χ0) is 11.5. The molecule has 2 N–H and O–H groups in total. The third-order valence-corrected chi connectivity index (χ3v) is 3.43. The first-order valence-electron chi connectivity index (χ1n) is 5.95. The molecule has 0 saturated heterocycles. The molecule has 1 fully saturated rings. The summed E-state index contributed by atoms with van der Waals surface area (Å²) in [6.45, 7) is 1.99. The highest BCUT2D eigenvalue weighted by Gasteiger charge is 2.26. The molecule has 0 spiro atoms. The number of nitrogens with two attached hydrogens (primary N) is 1. The maximum Gasteiger partial charge on any atom is 0.132 e. The fraction of sp³-hybridized carbons (Fsp3) is 0.667. The highest BCUT2D eigenvalue weighted by molar-refractivity contribution is 5.39. The number of aromatic nitrogens is 2. The van der Waals surface area contributed by atoms with Crippen LogP contribution in [0.15, 0.2) is 12.4 Å². The van der Waals surface area contributed by atoms with Gasteiger partial charge in [-0.2, -0.15) is 0 Å². The summed E-state index contributed by atoms with van der Waals surface area (Å²) in [4.78, 5) is 10.6. The Bertz CT molecular complexity index is 353. The average molecular weight is 220 g/mol. The molecule has 1 aliphatic rings. The molecule has 2 unspecified atom stereocenters. The highest BCUT2D eigenvalue weighted by atomic mass is 15.2. The molecule has 1 aromatic rings. The Labute approximate surface area is 96.9 Å². The van der Waals surface area contributed by atoms with Crippen molar-refractivity contribution in [3.05, 3.63) is 18.1 Å². The van der Waals surface area contributed by atoms with E-state index in [1.807, 2.05) is 13.0 Å². The lowest BCUT2D eigenvalue weighted by molar-refractivity contribution is 0.372. The highest BCUT2D eigenvalue weighted by Crippen LogP contribution is 2.24. The third-order valence-electron chi connectivity index (χ3n) is 3.43. The molecule has 1 aliphatic carbocycles. The van der Waals surface area contributed by atoms with Crippen LogP contribution in [0.4, 0.5) is 5.82 Å². The van der Waals surface area contributed by atoms with Crippen LogP contribution in [-0.2, 0) is 0 Å². The van der Waals surface area contributed by atoms with Gasteiger partial charge in [-0.3, -0.25) is 0 Å². The predicted octanol–water partition coefficient (Wildman–Crippen LogP) is 1.49. The second-order valence-corrected chi connectivity index (χ2v) is 4.64. The van der Waals surface area contributed by atoms with E-state index < -0.39 is 0 Å². The smallest absolute Gasteiger partial charge is 0.132 e. The summed E-state index contributed by atoms with van der Waals surface area (Å²) in [6.07, 6.45) is 6.44. The molecule has 0 aliphatic heterocycles. The molecule has 1 saturated carbocycles. The van der Waals surface area contributed by atoms with E-state index >= 15 is 0 Å². The monoisotopic (exact) mass is 220 g/mol. The van der Waals surface area contributed by atoms with Crippen LogP contribution < -0.4 is 10.6 Å². The van der Waals surface area contributed by atoms with Gasteiger partial charge in [0.15, 0.2) is 0 Å². The average Bonchev–Trinajstić information content (AvgIpc) is 2.29. The summed E-state index contributed by atoms with van der Waals surface area (Å²) < 4.78 is 0. The lowest BCUT2D eigenvalue weighted by Crippen LogP contribution is -2.48. The van der Waals surface area contributed by atoms with Crippen LogP contribution >= 0.6 is 0 Å². The largest absolute Gasteiger partial charge is 0.355 e. The van der Waals surface area contributed by atoms with Gasteiger partial charge in [0.1, 0.15) is 12.1 Å². The van der Waals surface area contributed by atoms with Crippen molar-refractivity contribution < 1.29 is 0 Å². The molecule has 0 bridgehead atoms. The van der Waals surface area contributed by atoms with Crippen LogP contribution in [0.3, 0.4) is 0 Å². The normalized spacial score (nSPS) is 25.4. The van der Waals surface area contributed by atoms with E-state index in [2.05, 4.69) is 21.9 Å². The second-order valence-electron chi connectivity index (χ2n) is 4.64. The van der Waals surface area contributed by atoms with Crippen LogP contribution in [0, 0.1) is 6.92 Å². The maximum atomic E-state index is 6.17. The number of rotatable bonds is 2. The van der Waals surface area contributed by atoms with Crippen LogP contribution in [-0.4, -0.2) is 29.1 Å². The summed E-state index contributed by atoms with van der Waals surface area (Å²) in [5.74, 6) is 0.981. The number of likely N-dealkylation sites (N-methyl/N-ethyl adjacent to an activating group) is 1. The summed E-state index contributed by atoms with van der Waals surface area (Å²) in [5.41, 5.74) is 7.17. The topological polar surface area (TPSA) is 55.0 Å². The molecule has 1 aromatic heterocycles. The van der Waals surface area contributed by atoms with Gasteiger partial charge >= 0.3 is 0 Å². The van der Waals surface area contributed by atoms with E-state index in [0.29, 0.717) is 6.04 Å². The molecular formula is C12H20N4. The Morgan fingerprint density at radius 2 is 2.06 bits per heavy atom. The van der Waals surface area contributed by atoms with Gasteiger partial charge in [-0.05, 0) is 19.8 Å². The molecule has 4 nitrogen and oxygen atoms in total. The Morgan fingerprint density at radius 1 is 1.31 bits per heavy atom. The molecule has 1 heterocycles. The van der Waals surface area contributed by atoms with Crippen LogP contribution in [0.1, 0.15) is 31.4 Å². The summed E-state index contributed by atoms with van der Waals surface area (Å²) in [7, 11) is 2.08. The van der Waals surface area contributed by atoms with E-state index in [-0.39, 0.29) is 6.04 Å². The SMILES string of the molecule is Cc1cc(N(C)C2CCCCC2N)ncn1. The standard InChI is InChI=1S/C12H20N4/c1-9-7-12(15-8-14-9)16(2)11-6-4-3-5-10(11)13/h7-8,10-11H,3-6,13H2,1-2H3. The number of hydrogen-bond donors (Lipinski definition) is 1. The van der Waals surface area contributed by atoms with Crippen LogP contribution in [0.2, 0.25) is 0 Å². The fourth-order valence-electron chi connectivity index (χ4n) is 2.42. The number of hydrogen-bond acceptors (Lipinski definition) is 4.